The minimum absolute atomic E-state index is 0.0888. The highest BCUT2D eigenvalue weighted by Gasteiger charge is 2.32. The highest BCUT2D eigenvalue weighted by molar-refractivity contribution is 7.09. The number of piperazine rings is 1. The fourth-order valence-corrected chi connectivity index (χ4v) is 4.91. The van der Waals surface area contributed by atoms with E-state index in [1.807, 2.05) is 19.2 Å². The SMILES string of the molecule is CC(C)c1nc(CN(C)C(=O)N[C@H](C(=O)N2CCN(C(=O)OCc3cncs3)CC2)C(C)C)cs1. The van der Waals surface area contributed by atoms with Gasteiger partial charge in [0.05, 0.1) is 27.6 Å². The van der Waals surface area contributed by atoms with Gasteiger partial charge in [0.1, 0.15) is 12.6 Å². The third kappa shape index (κ3) is 7.38. The summed E-state index contributed by atoms with van der Waals surface area (Å²) in [4.78, 5) is 52.7. The highest BCUT2D eigenvalue weighted by atomic mass is 32.1. The van der Waals surface area contributed by atoms with Crippen LogP contribution in [0.15, 0.2) is 17.1 Å². The lowest BCUT2D eigenvalue weighted by Crippen LogP contribution is -2.58. The molecule has 0 aromatic carbocycles. The summed E-state index contributed by atoms with van der Waals surface area (Å²) in [6, 6.07) is -0.974. The predicted octanol–water partition coefficient (Wildman–Crippen LogP) is 3.37. The molecule has 192 valence electrons. The van der Waals surface area contributed by atoms with Gasteiger partial charge in [-0.25, -0.2) is 14.6 Å². The second kappa shape index (κ2) is 12.3. The normalized spacial score (nSPS) is 14.8. The van der Waals surface area contributed by atoms with Gasteiger partial charge in [0.2, 0.25) is 5.91 Å². The third-order valence-electron chi connectivity index (χ3n) is 5.69. The first kappa shape index (κ1) is 26.9. The van der Waals surface area contributed by atoms with Gasteiger partial charge in [-0.05, 0) is 5.92 Å². The van der Waals surface area contributed by atoms with E-state index in [0.29, 0.717) is 38.6 Å². The van der Waals surface area contributed by atoms with E-state index in [4.69, 9.17) is 4.74 Å². The first-order valence-electron chi connectivity index (χ1n) is 11.7. The van der Waals surface area contributed by atoms with Crippen molar-refractivity contribution in [3.8, 4) is 0 Å². The molecule has 0 aliphatic carbocycles. The monoisotopic (exact) mass is 522 g/mol. The van der Waals surface area contributed by atoms with E-state index in [9.17, 15) is 14.4 Å². The molecule has 3 heterocycles. The van der Waals surface area contributed by atoms with E-state index in [1.165, 1.54) is 11.3 Å². The largest absolute Gasteiger partial charge is 0.444 e. The Hall–Kier alpha value is -2.73. The molecule has 1 atom stereocenters. The molecule has 3 rings (SSSR count). The van der Waals surface area contributed by atoms with E-state index < -0.39 is 12.1 Å². The van der Waals surface area contributed by atoms with Crippen molar-refractivity contribution in [1.29, 1.82) is 0 Å². The Balaban J connectivity index is 1.49. The number of rotatable bonds is 8. The molecule has 4 amide bonds. The first-order chi connectivity index (χ1) is 16.7. The Morgan fingerprint density at radius 2 is 1.80 bits per heavy atom. The molecule has 2 aromatic rings. The van der Waals surface area contributed by atoms with Crippen LogP contribution in [0, 0.1) is 5.92 Å². The lowest BCUT2D eigenvalue weighted by atomic mass is 10.0. The maximum absolute atomic E-state index is 13.2. The molecular formula is C23H34N6O4S2. The molecular weight excluding hydrogens is 488 g/mol. The van der Waals surface area contributed by atoms with Gasteiger partial charge >= 0.3 is 12.1 Å². The van der Waals surface area contributed by atoms with Crippen LogP contribution in [0.1, 0.15) is 49.2 Å². The minimum Gasteiger partial charge on any atom is -0.444 e. The van der Waals surface area contributed by atoms with Crippen LogP contribution in [0.2, 0.25) is 0 Å². The molecule has 0 radical (unpaired) electrons. The van der Waals surface area contributed by atoms with Crippen LogP contribution in [-0.2, 0) is 22.7 Å². The number of amides is 4. The zero-order valence-electron chi connectivity index (χ0n) is 20.9. The molecule has 0 saturated carbocycles. The molecule has 1 fully saturated rings. The summed E-state index contributed by atoms with van der Waals surface area (Å²) in [6.45, 7) is 10.1. The number of nitrogens with zero attached hydrogens (tertiary/aromatic N) is 5. The van der Waals surface area contributed by atoms with E-state index in [2.05, 4.69) is 29.1 Å². The standard InChI is InChI=1S/C23H34N6O4S2/c1-15(2)19(26-22(31)27(5)11-17-13-34-20(25-17)16(3)4)21(30)28-6-8-29(9-7-28)23(32)33-12-18-10-24-14-35-18/h10,13-16,19H,6-9,11-12H2,1-5H3,(H,26,31)/t19-/m0/s1. The van der Waals surface area contributed by atoms with Crippen LogP contribution in [0.5, 0.6) is 0 Å². The Morgan fingerprint density at radius 1 is 1.11 bits per heavy atom. The summed E-state index contributed by atoms with van der Waals surface area (Å²) in [5.41, 5.74) is 2.53. The fourth-order valence-electron chi connectivity index (χ4n) is 3.58. The fraction of sp³-hybridized carbons (Fsp3) is 0.609. The Morgan fingerprint density at radius 3 is 2.37 bits per heavy atom. The van der Waals surface area contributed by atoms with Crippen molar-refractivity contribution in [2.75, 3.05) is 33.2 Å². The summed E-state index contributed by atoms with van der Waals surface area (Å²) in [5.74, 6) is 0.112. The molecule has 1 aliphatic rings. The van der Waals surface area contributed by atoms with Crippen LogP contribution >= 0.6 is 22.7 Å². The van der Waals surface area contributed by atoms with Crippen molar-refractivity contribution in [2.24, 2.45) is 5.92 Å². The number of hydrogen-bond donors (Lipinski definition) is 1. The van der Waals surface area contributed by atoms with E-state index in [0.717, 1.165) is 15.6 Å². The van der Waals surface area contributed by atoms with E-state index in [-0.39, 0.29) is 24.5 Å². The second-order valence-electron chi connectivity index (χ2n) is 9.19. The average Bonchev–Trinajstić information content (AvgIpc) is 3.52. The molecule has 0 bridgehead atoms. The number of urea groups is 1. The number of ether oxygens (including phenoxy) is 1. The summed E-state index contributed by atoms with van der Waals surface area (Å²) in [6.07, 6.45) is 1.27. The molecule has 35 heavy (non-hydrogen) atoms. The van der Waals surface area contributed by atoms with Gasteiger partial charge in [-0.15, -0.1) is 22.7 Å². The first-order valence-corrected chi connectivity index (χ1v) is 13.5. The zero-order chi connectivity index (χ0) is 25.5. The molecule has 0 unspecified atom stereocenters. The topological polar surface area (TPSA) is 108 Å². The van der Waals surface area contributed by atoms with Crippen molar-refractivity contribution in [3.05, 3.63) is 32.7 Å². The van der Waals surface area contributed by atoms with Crippen molar-refractivity contribution in [2.45, 2.75) is 52.8 Å². The van der Waals surface area contributed by atoms with Gasteiger partial charge in [-0.2, -0.15) is 0 Å². The average molecular weight is 523 g/mol. The number of thiazole rings is 2. The van der Waals surface area contributed by atoms with Crippen LogP contribution < -0.4 is 5.32 Å². The molecule has 2 aromatic heterocycles. The van der Waals surface area contributed by atoms with Gasteiger partial charge in [-0.1, -0.05) is 27.7 Å². The molecule has 1 N–H and O–H groups in total. The molecule has 12 heteroatoms. The van der Waals surface area contributed by atoms with Crippen LogP contribution in [0.3, 0.4) is 0 Å². The summed E-state index contributed by atoms with van der Waals surface area (Å²) in [7, 11) is 1.70. The zero-order valence-corrected chi connectivity index (χ0v) is 22.5. The highest BCUT2D eigenvalue weighted by Crippen LogP contribution is 2.20. The van der Waals surface area contributed by atoms with E-state index >= 15 is 0 Å². The molecule has 0 spiro atoms. The van der Waals surface area contributed by atoms with Crippen LogP contribution in [0.4, 0.5) is 9.59 Å². The maximum Gasteiger partial charge on any atom is 0.410 e. The van der Waals surface area contributed by atoms with Crippen molar-refractivity contribution >= 4 is 40.7 Å². The number of aromatic nitrogens is 2. The van der Waals surface area contributed by atoms with Crippen molar-refractivity contribution < 1.29 is 19.1 Å². The summed E-state index contributed by atoms with van der Waals surface area (Å²) >= 11 is 3.02. The van der Waals surface area contributed by atoms with Gasteiger partial charge in [-0.3, -0.25) is 9.78 Å². The third-order valence-corrected chi connectivity index (χ3v) is 7.64. The maximum atomic E-state index is 13.2. The van der Waals surface area contributed by atoms with Crippen LogP contribution in [0.25, 0.3) is 0 Å². The molecule has 1 saturated heterocycles. The van der Waals surface area contributed by atoms with Crippen molar-refractivity contribution in [1.82, 2.24) is 30.0 Å². The van der Waals surface area contributed by atoms with Gasteiger partial charge < -0.3 is 24.8 Å². The molecule has 10 nitrogen and oxygen atoms in total. The quantitative estimate of drug-likeness (QED) is 0.570. The van der Waals surface area contributed by atoms with Crippen molar-refractivity contribution in [3.63, 3.8) is 0 Å². The van der Waals surface area contributed by atoms with E-state index in [1.54, 1.807) is 44.8 Å². The number of nitrogens with one attached hydrogen (secondary N) is 1. The minimum atomic E-state index is -0.656. The Bertz CT molecular complexity index is 986. The lowest BCUT2D eigenvalue weighted by Gasteiger charge is -2.37. The van der Waals surface area contributed by atoms with Gasteiger partial charge in [0, 0.05) is 50.7 Å². The molecule has 1 aliphatic heterocycles. The summed E-state index contributed by atoms with van der Waals surface area (Å²) < 4.78 is 5.34. The number of hydrogen-bond acceptors (Lipinski definition) is 8. The van der Waals surface area contributed by atoms with Crippen LogP contribution in [-0.4, -0.2) is 82.0 Å². The van der Waals surface area contributed by atoms with Gasteiger partial charge in [0.15, 0.2) is 0 Å². The lowest BCUT2D eigenvalue weighted by molar-refractivity contribution is -0.136. The number of carbonyl (C=O) groups excluding carboxylic acids is 3. The second-order valence-corrected chi connectivity index (χ2v) is 11.1. The predicted molar refractivity (Wildman–Crippen MR) is 135 cm³/mol. The Labute approximate surface area is 214 Å². The number of carbonyl (C=O) groups is 3. The Kier molecular flexibility index (Phi) is 9.44. The van der Waals surface area contributed by atoms with Gasteiger partial charge in [0.25, 0.3) is 0 Å². The smallest absolute Gasteiger partial charge is 0.410 e. The summed E-state index contributed by atoms with van der Waals surface area (Å²) in [5, 5.41) is 5.90.